The minimum atomic E-state index is -4.41. The summed E-state index contributed by atoms with van der Waals surface area (Å²) in [5.74, 6) is 1.29. The molecular weight excluding hydrogens is 447 g/mol. The average molecular weight is 461 g/mol. The molecule has 142 valence electrons. The number of hydrogen-bond acceptors (Lipinski definition) is 4. The van der Waals surface area contributed by atoms with Crippen LogP contribution in [0, 0.1) is 0 Å². The Kier molecular flexibility index (Phi) is 4.67. The highest BCUT2D eigenvalue weighted by atomic mass is 79.9. The number of hydrogen-bond donors (Lipinski definition) is 1. The van der Waals surface area contributed by atoms with Crippen molar-refractivity contribution in [3.8, 4) is 0 Å². The van der Waals surface area contributed by atoms with E-state index < -0.39 is 11.7 Å². The number of alkyl halides is 3. The molecule has 3 heterocycles. The van der Waals surface area contributed by atoms with E-state index in [0.717, 1.165) is 18.0 Å². The molecule has 1 saturated heterocycles. The molecule has 0 radical (unpaired) electrons. The van der Waals surface area contributed by atoms with Gasteiger partial charge in [-0.15, -0.1) is 0 Å². The molecule has 0 saturated carbocycles. The van der Waals surface area contributed by atoms with E-state index in [0.29, 0.717) is 52.7 Å². The van der Waals surface area contributed by atoms with Crippen LogP contribution in [-0.2, 0) is 6.18 Å². The lowest BCUT2D eigenvalue weighted by molar-refractivity contribution is -0.137. The van der Waals surface area contributed by atoms with Gasteiger partial charge in [0.25, 0.3) is 0 Å². The number of nitrogens with zero attached hydrogens (tertiary/aromatic N) is 4. The molecule has 1 aromatic carbocycles. The average Bonchev–Trinajstić information content (AvgIpc) is 3.06. The van der Waals surface area contributed by atoms with Crippen LogP contribution in [0.25, 0.3) is 11.0 Å². The molecule has 4 rings (SSSR count). The standard InChI is InChI=1S/C17H14BrClF3N5/c18-11-8-10(17(20,21)22)9-13-14(11)25-16(24-13)27-6-4-26(5-7-27)15-12(19)2-1-3-23-15/h1-3,8-9H,4-7H2,(H,24,25). The number of fused-ring (bicyclic) bond motifs is 1. The summed E-state index contributed by atoms with van der Waals surface area (Å²) in [6, 6.07) is 5.71. The smallest absolute Gasteiger partial charge is 0.352 e. The maximum atomic E-state index is 13.0. The van der Waals surface area contributed by atoms with Crippen molar-refractivity contribution in [2.45, 2.75) is 6.18 Å². The van der Waals surface area contributed by atoms with Gasteiger partial charge in [0.1, 0.15) is 11.3 Å². The van der Waals surface area contributed by atoms with Gasteiger partial charge in [-0.3, -0.25) is 0 Å². The molecule has 1 fully saturated rings. The number of pyridine rings is 1. The first-order chi connectivity index (χ1) is 12.8. The van der Waals surface area contributed by atoms with E-state index in [4.69, 9.17) is 11.6 Å². The number of H-pyrrole nitrogens is 1. The third kappa shape index (κ3) is 3.58. The van der Waals surface area contributed by atoms with Crippen molar-refractivity contribution in [1.29, 1.82) is 0 Å². The first kappa shape index (κ1) is 18.4. The van der Waals surface area contributed by atoms with Crippen LogP contribution in [0.2, 0.25) is 5.02 Å². The number of nitrogens with one attached hydrogen (secondary N) is 1. The first-order valence-corrected chi connectivity index (χ1v) is 9.37. The normalized spacial score (nSPS) is 15.6. The highest BCUT2D eigenvalue weighted by Crippen LogP contribution is 2.35. The van der Waals surface area contributed by atoms with Gasteiger partial charge in [-0.25, -0.2) is 9.97 Å². The van der Waals surface area contributed by atoms with Crippen molar-refractivity contribution in [3.05, 3.63) is 45.5 Å². The molecule has 1 N–H and O–H groups in total. The molecule has 10 heteroatoms. The molecule has 1 aliphatic rings. The first-order valence-electron chi connectivity index (χ1n) is 8.20. The maximum Gasteiger partial charge on any atom is 0.416 e. The van der Waals surface area contributed by atoms with E-state index >= 15 is 0 Å². The van der Waals surface area contributed by atoms with Crippen LogP contribution >= 0.6 is 27.5 Å². The predicted octanol–water partition coefficient (Wildman–Crippen LogP) is 4.72. The second-order valence-electron chi connectivity index (χ2n) is 6.20. The SMILES string of the molecule is FC(F)(F)c1cc(Br)c2nc(N3CCN(c4ncccc4Cl)CC3)[nH]c2c1. The molecule has 27 heavy (non-hydrogen) atoms. The number of halogens is 5. The van der Waals surface area contributed by atoms with Gasteiger partial charge in [0.15, 0.2) is 0 Å². The van der Waals surface area contributed by atoms with E-state index in [9.17, 15) is 13.2 Å². The second kappa shape index (κ2) is 6.87. The van der Waals surface area contributed by atoms with Crippen LogP contribution < -0.4 is 9.80 Å². The lowest BCUT2D eigenvalue weighted by Gasteiger charge is -2.35. The van der Waals surface area contributed by atoms with Gasteiger partial charge in [-0.2, -0.15) is 13.2 Å². The number of imidazole rings is 1. The molecule has 0 spiro atoms. The van der Waals surface area contributed by atoms with Gasteiger partial charge in [0.05, 0.1) is 16.1 Å². The van der Waals surface area contributed by atoms with Crippen molar-refractivity contribution >= 4 is 50.3 Å². The fraction of sp³-hybridized carbons (Fsp3) is 0.294. The van der Waals surface area contributed by atoms with Gasteiger partial charge < -0.3 is 14.8 Å². The third-order valence-corrected chi connectivity index (χ3v) is 5.37. The van der Waals surface area contributed by atoms with Gasteiger partial charge in [0.2, 0.25) is 5.95 Å². The molecule has 0 unspecified atom stereocenters. The lowest BCUT2D eigenvalue weighted by atomic mass is 10.2. The van der Waals surface area contributed by atoms with Crippen LogP contribution in [0.3, 0.4) is 0 Å². The molecule has 2 aromatic heterocycles. The van der Waals surface area contributed by atoms with Crippen molar-refractivity contribution in [3.63, 3.8) is 0 Å². The molecular formula is C17H14BrClF3N5. The summed E-state index contributed by atoms with van der Waals surface area (Å²) in [6.07, 6.45) is -2.71. The van der Waals surface area contributed by atoms with Crippen LogP contribution in [0.5, 0.6) is 0 Å². The monoisotopic (exact) mass is 459 g/mol. The van der Waals surface area contributed by atoms with Crippen LogP contribution in [0.4, 0.5) is 24.9 Å². The molecule has 0 amide bonds. The lowest BCUT2D eigenvalue weighted by Crippen LogP contribution is -2.47. The van der Waals surface area contributed by atoms with E-state index in [1.807, 2.05) is 4.90 Å². The summed E-state index contributed by atoms with van der Waals surface area (Å²) in [7, 11) is 0. The number of piperazine rings is 1. The summed E-state index contributed by atoms with van der Waals surface area (Å²) >= 11 is 9.39. The van der Waals surface area contributed by atoms with E-state index in [1.54, 1.807) is 18.3 Å². The Morgan fingerprint density at radius 3 is 2.48 bits per heavy atom. The largest absolute Gasteiger partial charge is 0.416 e. The summed E-state index contributed by atoms with van der Waals surface area (Å²) in [6.45, 7) is 2.67. The summed E-state index contributed by atoms with van der Waals surface area (Å²) in [4.78, 5) is 15.9. The number of benzene rings is 1. The predicted molar refractivity (Wildman–Crippen MR) is 102 cm³/mol. The summed E-state index contributed by atoms with van der Waals surface area (Å²) in [5, 5.41) is 0.596. The van der Waals surface area contributed by atoms with Gasteiger partial charge in [0, 0.05) is 36.8 Å². The number of aromatic nitrogens is 3. The molecule has 0 bridgehead atoms. The van der Waals surface area contributed by atoms with Crippen molar-refractivity contribution < 1.29 is 13.2 Å². The highest BCUT2D eigenvalue weighted by molar-refractivity contribution is 9.10. The Hall–Kier alpha value is -2.00. The molecule has 5 nitrogen and oxygen atoms in total. The summed E-state index contributed by atoms with van der Waals surface area (Å²) in [5.41, 5.74) is 0.113. The van der Waals surface area contributed by atoms with E-state index in [1.165, 1.54) is 0 Å². The third-order valence-electron chi connectivity index (χ3n) is 4.47. The molecule has 3 aromatic rings. The zero-order valence-corrected chi connectivity index (χ0v) is 16.2. The zero-order valence-electron chi connectivity index (χ0n) is 13.9. The van der Waals surface area contributed by atoms with Crippen molar-refractivity contribution in [1.82, 2.24) is 15.0 Å². The quantitative estimate of drug-likeness (QED) is 0.601. The Bertz CT molecular complexity index is 982. The summed E-state index contributed by atoms with van der Waals surface area (Å²) < 4.78 is 39.3. The Morgan fingerprint density at radius 1 is 1.11 bits per heavy atom. The molecule has 1 aliphatic heterocycles. The zero-order chi connectivity index (χ0) is 19.2. The number of anilines is 2. The highest BCUT2D eigenvalue weighted by Gasteiger charge is 2.32. The topological polar surface area (TPSA) is 48.1 Å². The van der Waals surface area contributed by atoms with Gasteiger partial charge >= 0.3 is 6.18 Å². The van der Waals surface area contributed by atoms with Gasteiger partial charge in [-0.05, 0) is 40.2 Å². The second-order valence-corrected chi connectivity index (χ2v) is 7.46. The Labute approximate surface area is 166 Å². The minimum absolute atomic E-state index is 0.314. The fourth-order valence-electron chi connectivity index (χ4n) is 3.12. The minimum Gasteiger partial charge on any atom is -0.352 e. The number of aromatic amines is 1. The Morgan fingerprint density at radius 2 is 1.81 bits per heavy atom. The van der Waals surface area contributed by atoms with Crippen LogP contribution in [0.15, 0.2) is 34.9 Å². The Balaban J connectivity index is 1.56. The van der Waals surface area contributed by atoms with Gasteiger partial charge in [-0.1, -0.05) is 11.6 Å². The molecule has 0 aliphatic carbocycles. The fourth-order valence-corrected chi connectivity index (χ4v) is 3.91. The van der Waals surface area contributed by atoms with Crippen molar-refractivity contribution in [2.24, 2.45) is 0 Å². The number of rotatable bonds is 2. The van der Waals surface area contributed by atoms with E-state index in [2.05, 4.69) is 35.8 Å². The van der Waals surface area contributed by atoms with Crippen LogP contribution in [-0.4, -0.2) is 41.1 Å². The van der Waals surface area contributed by atoms with Crippen molar-refractivity contribution in [2.75, 3.05) is 36.0 Å². The maximum absolute atomic E-state index is 13.0. The van der Waals surface area contributed by atoms with E-state index in [-0.39, 0.29) is 0 Å². The molecule has 0 atom stereocenters. The van der Waals surface area contributed by atoms with Crippen LogP contribution in [0.1, 0.15) is 5.56 Å².